The number of hydrogen-bond acceptors (Lipinski definition) is 7. The molecule has 0 atom stereocenters. The van der Waals surface area contributed by atoms with Crippen LogP contribution in [0.2, 0.25) is 0 Å². The van der Waals surface area contributed by atoms with Crippen LogP contribution in [0.1, 0.15) is 69.1 Å². The highest BCUT2D eigenvalue weighted by atomic mass is 32.2. The fourth-order valence-corrected chi connectivity index (χ4v) is 4.77. The Morgan fingerprint density at radius 2 is 1.76 bits per heavy atom. The van der Waals surface area contributed by atoms with E-state index in [0.29, 0.717) is 11.7 Å². The van der Waals surface area contributed by atoms with Gasteiger partial charge in [0.15, 0.2) is 5.82 Å². The van der Waals surface area contributed by atoms with E-state index in [1.165, 1.54) is 26.1 Å². The van der Waals surface area contributed by atoms with Crippen LogP contribution in [0.4, 0.5) is 0 Å². The predicted octanol–water partition coefficient (Wildman–Crippen LogP) is 1.91. The van der Waals surface area contributed by atoms with Crippen LogP contribution in [0.3, 0.4) is 0 Å². The second-order valence-electron chi connectivity index (χ2n) is 8.32. The Morgan fingerprint density at radius 1 is 1.09 bits per heavy atom. The van der Waals surface area contributed by atoms with Crippen LogP contribution in [0.25, 0.3) is 0 Å². The van der Waals surface area contributed by atoms with Gasteiger partial charge in [0.05, 0.1) is 4.90 Å². The zero-order valence-corrected chi connectivity index (χ0v) is 19.8. The molecule has 0 spiro atoms. The quantitative estimate of drug-likeness (QED) is 0.468. The fourth-order valence-electron chi connectivity index (χ4n) is 4.04. The first-order valence-electron chi connectivity index (χ1n) is 11.2. The summed E-state index contributed by atoms with van der Waals surface area (Å²) >= 11 is 0. The first-order chi connectivity index (χ1) is 15.7. The van der Waals surface area contributed by atoms with Crippen molar-refractivity contribution in [3.05, 3.63) is 41.5 Å². The van der Waals surface area contributed by atoms with Crippen molar-refractivity contribution in [2.75, 3.05) is 7.05 Å². The number of nitrogens with zero attached hydrogens (tertiary/aromatic N) is 2. The molecule has 180 valence electrons. The van der Waals surface area contributed by atoms with E-state index in [1.807, 2.05) is 0 Å². The molecule has 0 unspecified atom stereocenters. The highest BCUT2D eigenvalue weighted by Gasteiger charge is 2.38. The van der Waals surface area contributed by atoms with Crippen LogP contribution in [0.15, 0.2) is 33.7 Å². The Labute approximate surface area is 194 Å². The predicted molar refractivity (Wildman–Crippen MR) is 120 cm³/mol. The summed E-state index contributed by atoms with van der Waals surface area (Å²) in [7, 11) is -2.14. The average molecular weight is 478 g/mol. The molecule has 1 aliphatic rings. The lowest BCUT2D eigenvalue weighted by atomic mass is 9.89. The van der Waals surface area contributed by atoms with Crippen LogP contribution < -0.4 is 15.4 Å². The van der Waals surface area contributed by atoms with E-state index in [0.717, 1.165) is 44.1 Å². The number of hydrogen-bond donors (Lipinski definition) is 3. The Balaban J connectivity index is 1.54. The molecule has 2 aromatic rings. The van der Waals surface area contributed by atoms with E-state index < -0.39 is 15.6 Å². The summed E-state index contributed by atoms with van der Waals surface area (Å²) in [4.78, 5) is 28.7. The van der Waals surface area contributed by atoms with E-state index in [1.54, 1.807) is 12.1 Å². The highest BCUT2D eigenvalue weighted by molar-refractivity contribution is 7.89. The Bertz CT molecular complexity index is 1060. The van der Waals surface area contributed by atoms with E-state index in [4.69, 9.17) is 4.52 Å². The zero-order valence-electron chi connectivity index (χ0n) is 19.0. The lowest BCUT2D eigenvalue weighted by molar-refractivity contribution is -0.122. The Morgan fingerprint density at radius 3 is 2.36 bits per heavy atom. The number of nitrogens with one attached hydrogen (secondary N) is 3. The lowest BCUT2D eigenvalue weighted by Gasteiger charge is -2.30. The molecule has 1 saturated carbocycles. The van der Waals surface area contributed by atoms with Crippen LogP contribution in [-0.4, -0.2) is 37.4 Å². The summed E-state index contributed by atoms with van der Waals surface area (Å²) < 4.78 is 31.2. The maximum Gasteiger partial charge on any atom is 0.240 e. The summed E-state index contributed by atoms with van der Waals surface area (Å²) in [6.45, 7) is 1.77. The third kappa shape index (κ3) is 6.61. The van der Waals surface area contributed by atoms with Gasteiger partial charge in [0.25, 0.3) is 0 Å². The van der Waals surface area contributed by atoms with Crippen molar-refractivity contribution >= 4 is 21.8 Å². The summed E-state index contributed by atoms with van der Waals surface area (Å²) in [5.41, 5.74) is 0.170. The van der Waals surface area contributed by atoms with E-state index in [-0.39, 0.29) is 36.1 Å². The lowest BCUT2D eigenvalue weighted by Crippen LogP contribution is -2.45. The minimum atomic E-state index is -3.49. The van der Waals surface area contributed by atoms with Gasteiger partial charge in [-0.05, 0) is 37.6 Å². The van der Waals surface area contributed by atoms with Gasteiger partial charge in [0.1, 0.15) is 5.54 Å². The minimum Gasteiger partial charge on any atom is -0.352 e. The van der Waals surface area contributed by atoms with Crippen molar-refractivity contribution in [3.8, 4) is 0 Å². The van der Waals surface area contributed by atoms with Crippen molar-refractivity contribution in [2.24, 2.45) is 0 Å². The number of carbonyl (C=O) groups is 2. The molecule has 0 radical (unpaired) electrons. The molecule has 3 N–H and O–H groups in total. The summed E-state index contributed by atoms with van der Waals surface area (Å²) in [5, 5.41) is 9.97. The number of amides is 2. The normalized spacial score (nSPS) is 16.1. The monoisotopic (exact) mass is 477 g/mol. The molecule has 3 rings (SSSR count). The average Bonchev–Trinajstić information content (AvgIpc) is 3.16. The van der Waals surface area contributed by atoms with Crippen LogP contribution in [0, 0.1) is 0 Å². The van der Waals surface area contributed by atoms with Gasteiger partial charge >= 0.3 is 0 Å². The number of carbonyl (C=O) groups excluding carboxylic acids is 2. The van der Waals surface area contributed by atoms with E-state index in [2.05, 4.69) is 25.5 Å². The SMILES string of the molecule is CNS(=O)(=O)c1ccc(CNC(=O)CCc2nc(C3(NC(C)=O)CCCCCC3)no2)cc1. The van der Waals surface area contributed by atoms with Gasteiger partial charge in [-0.1, -0.05) is 43.0 Å². The number of aryl methyl sites for hydroxylation is 1. The molecular weight excluding hydrogens is 446 g/mol. The van der Waals surface area contributed by atoms with Gasteiger partial charge in [0.2, 0.25) is 27.7 Å². The molecule has 1 fully saturated rings. The largest absolute Gasteiger partial charge is 0.352 e. The summed E-state index contributed by atoms with van der Waals surface area (Å²) in [5.74, 6) is 0.522. The molecule has 1 heterocycles. The first-order valence-corrected chi connectivity index (χ1v) is 12.6. The van der Waals surface area contributed by atoms with Crippen molar-refractivity contribution in [3.63, 3.8) is 0 Å². The molecule has 0 saturated heterocycles. The summed E-state index contributed by atoms with van der Waals surface area (Å²) in [6, 6.07) is 6.30. The zero-order chi connectivity index (χ0) is 23.9. The molecule has 2 amide bonds. The standard InChI is InChI=1S/C22H31N5O5S/c1-16(28)26-22(13-5-3-4-6-14-22)21-25-20(32-27-21)12-11-19(29)24-15-17-7-9-18(10-8-17)33(30,31)23-2/h7-10,23H,3-6,11-15H2,1-2H3,(H,24,29)(H,26,28). The molecule has 1 aromatic heterocycles. The number of aromatic nitrogens is 2. The smallest absolute Gasteiger partial charge is 0.240 e. The topological polar surface area (TPSA) is 143 Å². The van der Waals surface area contributed by atoms with Gasteiger partial charge in [-0.3, -0.25) is 9.59 Å². The number of rotatable bonds is 9. The van der Waals surface area contributed by atoms with Gasteiger partial charge < -0.3 is 15.2 Å². The van der Waals surface area contributed by atoms with Gasteiger partial charge in [-0.2, -0.15) is 4.98 Å². The fraction of sp³-hybridized carbons (Fsp3) is 0.545. The third-order valence-corrected chi connectivity index (χ3v) is 7.26. The molecule has 0 aliphatic heterocycles. The van der Waals surface area contributed by atoms with Gasteiger partial charge in [0, 0.05) is 26.3 Å². The van der Waals surface area contributed by atoms with Gasteiger partial charge in [-0.25, -0.2) is 13.1 Å². The maximum absolute atomic E-state index is 12.3. The van der Waals surface area contributed by atoms with Crippen molar-refractivity contribution in [1.82, 2.24) is 25.5 Å². The van der Waals surface area contributed by atoms with Crippen molar-refractivity contribution in [1.29, 1.82) is 0 Å². The molecule has 0 bridgehead atoms. The summed E-state index contributed by atoms with van der Waals surface area (Å²) in [6.07, 6.45) is 6.17. The van der Waals surface area contributed by atoms with Crippen LogP contribution in [0.5, 0.6) is 0 Å². The van der Waals surface area contributed by atoms with Crippen molar-refractivity contribution in [2.45, 2.75) is 75.3 Å². The van der Waals surface area contributed by atoms with E-state index >= 15 is 0 Å². The number of benzene rings is 1. The third-order valence-electron chi connectivity index (χ3n) is 5.83. The van der Waals surface area contributed by atoms with Gasteiger partial charge in [-0.15, -0.1) is 0 Å². The minimum absolute atomic E-state index is 0.126. The second kappa shape index (κ2) is 10.9. The van der Waals surface area contributed by atoms with Crippen molar-refractivity contribution < 1.29 is 22.5 Å². The Kier molecular flexibility index (Phi) is 8.20. The molecular formula is C22H31N5O5S. The molecule has 33 heavy (non-hydrogen) atoms. The van der Waals surface area contributed by atoms with Crippen LogP contribution in [-0.2, 0) is 38.1 Å². The first kappa shape index (κ1) is 24.8. The highest BCUT2D eigenvalue weighted by Crippen LogP contribution is 2.34. The molecule has 1 aromatic carbocycles. The Hall–Kier alpha value is -2.79. The molecule has 1 aliphatic carbocycles. The molecule has 11 heteroatoms. The van der Waals surface area contributed by atoms with Crippen LogP contribution >= 0.6 is 0 Å². The maximum atomic E-state index is 12.3. The molecule has 10 nitrogen and oxygen atoms in total. The van der Waals surface area contributed by atoms with E-state index in [9.17, 15) is 18.0 Å². The second-order valence-corrected chi connectivity index (χ2v) is 10.2. The number of sulfonamides is 1.